The SMILES string of the molecule is COc1cc(CNC(=O)c2cnn(-c3ccccn3)c2C(C)C)ccn1. The number of aromatic nitrogens is 4. The van der Waals surface area contributed by atoms with Gasteiger partial charge in [-0.05, 0) is 29.7 Å². The van der Waals surface area contributed by atoms with Crippen molar-refractivity contribution in [2.75, 3.05) is 7.11 Å². The van der Waals surface area contributed by atoms with E-state index in [0.29, 0.717) is 23.8 Å². The molecule has 7 heteroatoms. The second-order valence-electron chi connectivity index (χ2n) is 6.09. The van der Waals surface area contributed by atoms with Crippen LogP contribution in [-0.4, -0.2) is 32.8 Å². The summed E-state index contributed by atoms with van der Waals surface area (Å²) in [5.41, 5.74) is 2.29. The molecule has 0 saturated heterocycles. The number of nitrogens with one attached hydrogen (secondary N) is 1. The van der Waals surface area contributed by atoms with E-state index in [1.165, 1.54) is 0 Å². The van der Waals surface area contributed by atoms with Gasteiger partial charge in [-0.25, -0.2) is 14.6 Å². The normalized spacial score (nSPS) is 10.8. The minimum atomic E-state index is -0.174. The Bertz CT molecular complexity index is 890. The van der Waals surface area contributed by atoms with E-state index in [0.717, 1.165) is 11.3 Å². The molecule has 3 aromatic rings. The Morgan fingerprint density at radius 2 is 2.08 bits per heavy atom. The zero-order valence-corrected chi connectivity index (χ0v) is 15.0. The van der Waals surface area contributed by atoms with Crippen LogP contribution in [0.4, 0.5) is 0 Å². The molecule has 0 aromatic carbocycles. The summed E-state index contributed by atoms with van der Waals surface area (Å²) in [6.07, 6.45) is 4.95. The van der Waals surface area contributed by atoms with Crippen molar-refractivity contribution < 1.29 is 9.53 Å². The van der Waals surface area contributed by atoms with Crippen LogP contribution in [0.5, 0.6) is 5.88 Å². The van der Waals surface area contributed by atoms with E-state index < -0.39 is 0 Å². The highest BCUT2D eigenvalue weighted by Crippen LogP contribution is 2.22. The van der Waals surface area contributed by atoms with Crippen LogP contribution in [0.1, 0.15) is 41.4 Å². The van der Waals surface area contributed by atoms with Gasteiger partial charge < -0.3 is 10.1 Å². The molecule has 0 aliphatic carbocycles. The summed E-state index contributed by atoms with van der Waals surface area (Å²) in [7, 11) is 1.56. The number of carbonyl (C=O) groups excluding carboxylic acids is 1. The number of carbonyl (C=O) groups is 1. The maximum atomic E-state index is 12.7. The van der Waals surface area contributed by atoms with Gasteiger partial charge in [-0.2, -0.15) is 5.10 Å². The van der Waals surface area contributed by atoms with Crippen LogP contribution in [-0.2, 0) is 6.54 Å². The topological polar surface area (TPSA) is 81.9 Å². The van der Waals surface area contributed by atoms with Crippen LogP contribution < -0.4 is 10.1 Å². The molecule has 0 aliphatic rings. The quantitative estimate of drug-likeness (QED) is 0.738. The maximum absolute atomic E-state index is 12.7. The van der Waals surface area contributed by atoms with Crippen LogP contribution in [0.25, 0.3) is 5.82 Å². The van der Waals surface area contributed by atoms with Crippen LogP contribution in [0.2, 0.25) is 0 Å². The largest absolute Gasteiger partial charge is 0.481 e. The molecule has 0 bridgehead atoms. The first-order valence-electron chi connectivity index (χ1n) is 8.36. The Labute approximate surface area is 152 Å². The average molecular weight is 351 g/mol. The lowest BCUT2D eigenvalue weighted by Gasteiger charge is -2.12. The molecule has 3 heterocycles. The second-order valence-corrected chi connectivity index (χ2v) is 6.09. The number of ether oxygens (including phenoxy) is 1. The third-order valence-corrected chi connectivity index (χ3v) is 3.93. The second kappa shape index (κ2) is 7.77. The highest BCUT2D eigenvalue weighted by atomic mass is 16.5. The van der Waals surface area contributed by atoms with Gasteiger partial charge in [-0.1, -0.05) is 19.9 Å². The van der Waals surface area contributed by atoms with E-state index >= 15 is 0 Å². The average Bonchev–Trinajstić information content (AvgIpc) is 3.12. The molecule has 0 radical (unpaired) electrons. The summed E-state index contributed by atoms with van der Waals surface area (Å²) in [6, 6.07) is 9.23. The Balaban J connectivity index is 1.82. The number of hydrogen-bond acceptors (Lipinski definition) is 5. The van der Waals surface area contributed by atoms with E-state index in [1.807, 2.05) is 38.1 Å². The highest BCUT2D eigenvalue weighted by Gasteiger charge is 2.21. The van der Waals surface area contributed by atoms with Gasteiger partial charge in [-0.15, -0.1) is 0 Å². The minimum Gasteiger partial charge on any atom is -0.481 e. The Kier molecular flexibility index (Phi) is 5.26. The van der Waals surface area contributed by atoms with Gasteiger partial charge >= 0.3 is 0 Å². The molecule has 0 fully saturated rings. The summed E-state index contributed by atoms with van der Waals surface area (Å²) in [6.45, 7) is 4.44. The maximum Gasteiger partial charge on any atom is 0.255 e. The van der Waals surface area contributed by atoms with Crippen molar-refractivity contribution in [1.82, 2.24) is 25.1 Å². The zero-order chi connectivity index (χ0) is 18.5. The molecular weight excluding hydrogens is 330 g/mol. The van der Waals surface area contributed by atoms with Crippen molar-refractivity contribution in [3.8, 4) is 11.7 Å². The van der Waals surface area contributed by atoms with Crippen LogP contribution >= 0.6 is 0 Å². The molecule has 1 N–H and O–H groups in total. The molecule has 3 aromatic heterocycles. The summed E-state index contributed by atoms with van der Waals surface area (Å²) < 4.78 is 6.82. The van der Waals surface area contributed by atoms with E-state index in [9.17, 15) is 4.79 Å². The van der Waals surface area contributed by atoms with E-state index in [2.05, 4.69) is 20.4 Å². The monoisotopic (exact) mass is 351 g/mol. The van der Waals surface area contributed by atoms with Crippen molar-refractivity contribution in [2.45, 2.75) is 26.3 Å². The van der Waals surface area contributed by atoms with Gasteiger partial charge in [0.25, 0.3) is 5.91 Å². The predicted octanol–water partition coefficient (Wildman–Crippen LogP) is 2.72. The molecular formula is C19H21N5O2. The van der Waals surface area contributed by atoms with Crippen LogP contribution in [0.3, 0.4) is 0 Å². The van der Waals surface area contributed by atoms with Crippen molar-refractivity contribution in [2.24, 2.45) is 0 Å². The number of nitrogens with zero attached hydrogens (tertiary/aromatic N) is 4. The summed E-state index contributed by atoms with van der Waals surface area (Å²) in [5.74, 6) is 1.14. The lowest BCUT2D eigenvalue weighted by atomic mass is 10.1. The first-order chi connectivity index (χ1) is 12.6. The Hall–Kier alpha value is -3.22. The van der Waals surface area contributed by atoms with Gasteiger partial charge in [0.05, 0.1) is 24.6 Å². The third kappa shape index (κ3) is 3.72. The highest BCUT2D eigenvalue weighted by molar-refractivity contribution is 5.95. The predicted molar refractivity (Wildman–Crippen MR) is 97.4 cm³/mol. The molecule has 0 aliphatic heterocycles. The van der Waals surface area contributed by atoms with Gasteiger partial charge in [0.1, 0.15) is 0 Å². The van der Waals surface area contributed by atoms with Crippen LogP contribution in [0, 0.1) is 0 Å². The first kappa shape index (κ1) is 17.6. The van der Waals surface area contributed by atoms with Crippen molar-refractivity contribution in [3.63, 3.8) is 0 Å². The molecule has 0 spiro atoms. The van der Waals surface area contributed by atoms with E-state index in [-0.39, 0.29) is 11.8 Å². The van der Waals surface area contributed by atoms with E-state index in [1.54, 1.807) is 36.4 Å². The molecule has 26 heavy (non-hydrogen) atoms. The van der Waals surface area contributed by atoms with Crippen molar-refractivity contribution in [1.29, 1.82) is 0 Å². The lowest BCUT2D eigenvalue weighted by Crippen LogP contribution is -2.24. The van der Waals surface area contributed by atoms with Crippen molar-refractivity contribution in [3.05, 3.63) is 65.7 Å². The van der Waals surface area contributed by atoms with Crippen molar-refractivity contribution >= 4 is 5.91 Å². The first-order valence-corrected chi connectivity index (χ1v) is 8.36. The molecule has 0 unspecified atom stereocenters. The minimum absolute atomic E-state index is 0.112. The fraction of sp³-hybridized carbons (Fsp3) is 0.263. The molecule has 134 valence electrons. The number of rotatable bonds is 6. The third-order valence-electron chi connectivity index (χ3n) is 3.93. The number of methoxy groups -OCH3 is 1. The fourth-order valence-corrected chi connectivity index (χ4v) is 2.70. The molecule has 7 nitrogen and oxygen atoms in total. The van der Waals surface area contributed by atoms with E-state index in [4.69, 9.17) is 4.74 Å². The summed E-state index contributed by atoms with van der Waals surface area (Å²) in [4.78, 5) is 21.1. The number of amides is 1. The number of hydrogen-bond donors (Lipinski definition) is 1. The zero-order valence-electron chi connectivity index (χ0n) is 15.0. The molecule has 0 atom stereocenters. The van der Waals surface area contributed by atoms with Gasteiger partial charge in [-0.3, -0.25) is 4.79 Å². The Morgan fingerprint density at radius 3 is 2.77 bits per heavy atom. The van der Waals surface area contributed by atoms with Gasteiger partial charge in [0, 0.05) is 25.0 Å². The smallest absolute Gasteiger partial charge is 0.255 e. The fourth-order valence-electron chi connectivity index (χ4n) is 2.70. The lowest BCUT2D eigenvalue weighted by molar-refractivity contribution is 0.0949. The van der Waals surface area contributed by atoms with Crippen LogP contribution in [0.15, 0.2) is 48.9 Å². The Morgan fingerprint density at radius 1 is 1.23 bits per heavy atom. The molecule has 0 saturated carbocycles. The van der Waals surface area contributed by atoms with Gasteiger partial charge in [0.2, 0.25) is 5.88 Å². The van der Waals surface area contributed by atoms with Gasteiger partial charge in [0.15, 0.2) is 5.82 Å². The summed E-state index contributed by atoms with van der Waals surface area (Å²) in [5, 5.41) is 7.31. The standard InChI is InChI=1S/C19H21N5O2/c1-13(2)18-15(12-23-24(18)16-6-4-5-8-20-16)19(25)22-11-14-7-9-21-17(10-14)26-3/h4-10,12-13H,11H2,1-3H3,(H,22,25). The molecule has 3 rings (SSSR count). The molecule has 1 amide bonds. The summed E-state index contributed by atoms with van der Waals surface area (Å²) >= 11 is 0. The number of pyridine rings is 2.